The van der Waals surface area contributed by atoms with Crippen molar-refractivity contribution in [2.75, 3.05) is 17.4 Å². The fraction of sp³-hybridized carbons (Fsp3) is 0.381. The summed E-state index contributed by atoms with van der Waals surface area (Å²) in [5.74, 6) is -0.223. The Kier molecular flexibility index (Phi) is 6.51. The van der Waals surface area contributed by atoms with E-state index in [1.807, 2.05) is 31.2 Å². The van der Waals surface area contributed by atoms with Gasteiger partial charge in [-0.2, -0.15) is 0 Å². The van der Waals surface area contributed by atoms with Crippen molar-refractivity contribution in [1.82, 2.24) is 10.6 Å². The zero-order chi connectivity index (χ0) is 19.7. The van der Waals surface area contributed by atoms with E-state index in [0.717, 1.165) is 37.2 Å². The number of anilines is 1. The number of nitrogens with zero attached hydrogens (tertiary/aromatic N) is 1. The van der Waals surface area contributed by atoms with Gasteiger partial charge >= 0.3 is 0 Å². The highest BCUT2D eigenvalue weighted by Crippen LogP contribution is 2.36. The Morgan fingerprint density at radius 3 is 2.59 bits per heavy atom. The Hall–Kier alpha value is -2.09. The Morgan fingerprint density at radius 2 is 1.83 bits per heavy atom. The van der Waals surface area contributed by atoms with E-state index in [9.17, 15) is 13.2 Å². The average molecular weight is 436 g/mol. The molecule has 8 heteroatoms. The predicted octanol–water partition coefficient (Wildman–Crippen LogP) is 2.73. The largest absolute Gasteiger partial charge is 0.349 e. The maximum absolute atomic E-state index is 13.4. The zero-order valence-corrected chi connectivity index (χ0v) is 17.9. The van der Waals surface area contributed by atoms with E-state index in [1.54, 1.807) is 18.2 Å². The molecule has 0 spiro atoms. The van der Waals surface area contributed by atoms with Crippen LogP contribution < -0.4 is 14.9 Å². The summed E-state index contributed by atoms with van der Waals surface area (Å²) in [4.78, 5) is 12.8. The fourth-order valence-electron chi connectivity index (χ4n) is 4.05. The summed E-state index contributed by atoms with van der Waals surface area (Å²) in [5, 5.41) is 6.28. The summed E-state index contributed by atoms with van der Waals surface area (Å²) in [6.07, 6.45) is 2.45. The zero-order valence-electron chi connectivity index (χ0n) is 16.3. The maximum atomic E-state index is 13.4. The van der Waals surface area contributed by atoms with E-state index >= 15 is 0 Å². The van der Waals surface area contributed by atoms with Crippen molar-refractivity contribution in [2.24, 2.45) is 0 Å². The quantitative estimate of drug-likeness (QED) is 0.774. The van der Waals surface area contributed by atoms with Crippen molar-refractivity contribution in [3.05, 3.63) is 59.7 Å². The second kappa shape index (κ2) is 8.73. The van der Waals surface area contributed by atoms with E-state index in [-0.39, 0.29) is 35.3 Å². The smallest absolute Gasteiger partial charge is 0.264 e. The molecule has 156 valence electrons. The molecule has 2 aromatic rings. The third-order valence-electron chi connectivity index (χ3n) is 5.47. The minimum atomic E-state index is -3.75. The Morgan fingerprint density at radius 1 is 1.10 bits per heavy atom. The van der Waals surface area contributed by atoms with Gasteiger partial charge in [0.05, 0.1) is 10.6 Å². The van der Waals surface area contributed by atoms with Gasteiger partial charge in [0.25, 0.3) is 15.9 Å². The third-order valence-corrected chi connectivity index (χ3v) is 7.40. The van der Waals surface area contributed by atoms with Crippen molar-refractivity contribution in [3.8, 4) is 0 Å². The summed E-state index contributed by atoms with van der Waals surface area (Å²) in [6.45, 7) is 3.67. The molecule has 2 aliphatic heterocycles. The van der Waals surface area contributed by atoms with Crippen LogP contribution in [-0.4, -0.2) is 39.5 Å². The molecule has 6 nitrogen and oxygen atoms in total. The molecule has 1 unspecified atom stereocenters. The highest BCUT2D eigenvalue weighted by Gasteiger charge is 2.36. The molecular formula is C21H26ClN3O3S. The van der Waals surface area contributed by atoms with Gasteiger partial charge in [-0.25, -0.2) is 8.42 Å². The Labute approximate surface area is 178 Å². The topological polar surface area (TPSA) is 78.5 Å². The standard InChI is InChI=1S/C21H25N3O3S.ClH/c1-15-13-16-5-2-3-8-20(16)24(15)28(26,27)19-7-4-6-17(14-19)21(25)23-18-9-11-22-12-10-18;/h2-8,14-15,18,22H,9-13H2,1H3,(H,23,25);1H. The first-order valence-electron chi connectivity index (χ1n) is 9.71. The molecule has 2 aliphatic rings. The SMILES string of the molecule is CC1Cc2ccccc2N1S(=O)(=O)c1cccc(C(=O)NC2CCNCC2)c1.Cl. The van der Waals surface area contributed by atoms with Gasteiger partial charge < -0.3 is 10.6 Å². The van der Waals surface area contributed by atoms with Crippen molar-refractivity contribution in [2.45, 2.75) is 43.2 Å². The Bertz CT molecular complexity index is 990. The first-order valence-corrected chi connectivity index (χ1v) is 11.1. The summed E-state index contributed by atoms with van der Waals surface area (Å²) < 4.78 is 28.2. The van der Waals surface area contributed by atoms with E-state index in [4.69, 9.17) is 0 Å². The normalized spacial score (nSPS) is 19.3. The summed E-state index contributed by atoms with van der Waals surface area (Å²) in [7, 11) is -3.75. The first kappa shape index (κ1) is 21.6. The van der Waals surface area contributed by atoms with E-state index in [0.29, 0.717) is 12.0 Å². The molecule has 0 radical (unpaired) electrons. The second-order valence-corrected chi connectivity index (χ2v) is 9.32. The molecule has 0 bridgehead atoms. The average Bonchev–Trinajstić information content (AvgIpc) is 3.05. The van der Waals surface area contributed by atoms with Gasteiger partial charge in [-0.05, 0) is 69.1 Å². The number of hydrogen-bond acceptors (Lipinski definition) is 4. The molecule has 0 aromatic heterocycles. The molecular weight excluding hydrogens is 410 g/mol. The van der Waals surface area contributed by atoms with Gasteiger partial charge in [-0.3, -0.25) is 9.10 Å². The van der Waals surface area contributed by atoms with E-state index < -0.39 is 10.0 Å². The van der Waals surface area contributed by atoms with Crippen LogP contribution in [0, 0.1) is 0 Å². The van der Waals surface area contributed by atoms with Crippen LogP contribution in [0.25, 0.3) is 0 Å². The van der Waals surface area contributed by atoms with Crippen LogP contribution in [0.3, 0.4) is 0 Å². The van der Waals surface area contributed by atoms with Gasteiger partial charge in [0, 0.05) is 17.6 Å². The van der Waals surface area contributed by atoms with Gasteiger partial charge in [0.2, 0.25) is 0 Å². The maximum Gasteiger partial charge on any atom is 0.264 e. The minimum absolute atomic E-state index is 0. The number of carbonyl (C=O) groups is 1. The number of sulfonamides is 1. The molecule has 1 atom stereocenters. The number of nitrogens with one attached hydrogen (secondary N) is 2. The lowest BCUT2D eigenvalue weighted by Crippen LogP contribution is -2.42. The number of fused-ring (bicyclic) bond motifs is 1. The van der Waals surface area contributed by atoms with Crippen molar-refractivity contribution < 1.29 is 13.2 Å². The summed E-state index contributed by atoms with van der Waals surface area (Å²) in [5.41, 5.74) is 2.12. The van der Waals surface area contributed by atoms with Crippen LogP contribution in [0.4, 0.5) is 5.69 Å². The van der Waals surface area contributed by atoms with Crippen LogP contribution >= 0.6 is 12.4 Å². The van der Waals surface area contributed by atoms with Crippen molar-refractivity contribution >= 4 is 34.0 Å². The molecule has 4 rings (SSSR count). The third kappa shape index (κ3) is 4.27. The number of halogens is 1. The highest BCUT2D eigenvalue weighted by molar-refractivity contribution is 7.92. The summed E-state index contributed by atoms with van der Waals surface area (Å²) in [6, 6.07) is 13.9. The van der Waals surface area contributed by atoms with Gasteiger partial charge in [-0.1, -0.05) is 24.3 Å². The van der Waals surface area contributed by atoms with Crippen molar-refractivity contribution in [1.29, 1.82) is 0 Å². The van der Waals surface area contributed by atoms with Gasteiger partial charge in [0.1, 0.15) is 0 Å². The molecule has 29 heavy (non-hydrogen) atoms. The van der Waals surface area contributed by atoms with Crippen LogP contribution in [0.15, 0.2) is 53.4 Å². The molecule has 1 fully saturated rings. The Balaban J connectivity index is 0.00000240. The van der Waals surface area contributed by atoms with Crippen LogP contribution in [-0.2, 0) is 16.4 Å². The number of hydrogen-bond donors (Lipinski definition) is 2. The second-order valence-electron chi connectivity index (χ2n) is 7.51. The summed E-state index contributed by atoms with van der Waals surface area (Å²) >= 11 is 0. The van der Waals surface area contributed by atoms with Crippen LogP contribution in [0.1, 0.15) is 35.7 Å². The first-order chi connectivity index (χ1) is 13.5. The number of rotatable bonds is 4. The molecule has 2 aromatic carbocycles. The minimum Gasteiger partial charge on any atom is -0.349 e. The van der Waals surface area contributed by atoms with Crippen LogP contribution in [0.5, 0.6) is 0 Å². The highest BCUT2D eigenvalue weighted by atomic mass is 35.5. The lowest BCUT2D eigenvalue weighted by atomic mass is 10.1. The number of para-hydroxylation sites is 1. The van der Waals surface area contributed by atoms with Crippen LogP contribution in [0.2, 0.25) is 0 Å². The van der Waals surface area contributed by atoms with Gasteiger partial charge in [-0.15, -0.1) is 12.4 Å². The molecule has 0 saturated carbocycles. The lowest BCUT2D eigenvalue weighted by molar-refractivity contribution is 0.0929. The number of amides is 1. The van der Waals surface area contributed by atoms with Crippen molar-refractivity contribution in [3.63, 3.8) is 0 Å². The molecule has 2 heterocycles. The molecule has 1 amide bonds. The van der Waals surface area contributed by atoms with E-state index in [1.165, 1.54) is 10.4 Å². The fourth-order valence-corrected chi connectivity index (χ4v) is 5.79. The molecule has 2 N–H and O–H groups in total. The molecule has 0 aliphatic carbocycles. The van der Waals surface area contributed by atoms with E-state index in [2.05, 4.69) is 10.6 Å². The number of piperidine rings is 1. The molecule has 1 saturated heterocycles. The number of carbonyl (C=O) groups excluding carboxylic acids is 1. The lowest BCUT2D eigenvalue weighted by Gasteiger charge is -2.25. The van der Waals surface area contributed by atoms with Gasteiger partial charge in [0.15, 0.2) is 0 Å². The predicted molar refractivity (Wildman–Crippen MR) is 116 cm³/mol. The monoisotopic (exact) mass is 435 g/mol. The number of benzene rings is 2.